The Morgan fingerprint density at radius 2 is 1.77 bits per heavy atom. The van der Waals surface area contributed by atoms with Crippen molar-refractivity contribution in [3.8, 4) is 17.2 Å². The van der Waals surface area contributed by atoms with Gasteiger partial charge in [-0.05, 0) is 55.0 Å². The second-order valence-electron chi connectivity index (χ2n) is 8.42. The molecule has 0 spiro atoms. The minimum Gasteiger partial charge on any atom is -0.495 e. The van der Waals surface area contributed by atoms with Crippen molar-refractivity contribution in [3.63, 3.8) is 0 Å². The second kappa shape index (κ2) is 13.0. The quantitative estimate of drug-likeness (QED) is 0.212. The Labute approximate surface area is 245 Å². The van der Waals surface area contributed by atoms with E-state index in [0.29, 0.717) is 45.0 Å². The number of imide groups is 1. The lowest BCUT2D eigenvalue weighted by Crippen LogP contribution is -2.38. The molecule has 3 aromatic carbocycles. The molecule has 3 aromatic rings. The summed E-state index contributed by atoms with van der Waals surface area (Å²) in [7, 11) is 1.47. The van der Waals surface area contributed by atoms with Crippen molar-refractivity contribution in [1.82, 2.24) is 10.2 Å². The first kappa shape index (κ1) is 29.1. The van der Waals surface area contributed by atoms with Crippen LogP contribution in [0.15, 0.2) is 60.3 Å². The maximum absolute atomic E-state index is 13.0. The molecule has 40 heavy (non-hydrogen) atoms. The largest absolute Gasteiger partial charge is 0.495 e. The highest BCUT2D eigenvalue weighted by atomic mass is 35.5. The van der Waals surface area contributed by atoms with Crippen molar-refractivity contribution in [2.24, 2.45) is 0 Å². The molecule has 0 unspecified atom stereocenters. The van der Waals surface area contributed by atoms with Crippen LogP contribution in [0.25, 0.3) is 6.08 Å². The fourth-order valence-corrected chi connectivity index (χ4v) is 4.56. The van der Waals surface area contributed by atoms with Gasteiger partial charge in [0.25, 0.3) is 5.91 Å². The van der Waals surface area contributed by atoms with Crippen molar-refractivity contribution < 1.29 is 28.6 Å². The first-order valence-electron chi connectivity index (χ1n) is 12.0. The van der Waals surface area contributed by atoms with E-state index in [0.717, 1.165) is 4.90 Å². The predicted octanol–water partition coefficient (Wildman–Crippen LogP) is 6.16. The van der Waals surface area contributed by atoms with E-state index in [4.69, 9.17) is 49.0 Å². The van der Waals surface area contributed by atoms with Crippen molar-refractivity contribution in [1.29, 1.82) is 0 Å². The molecule has 1 saturated heterocycles. The van der Waals surface area contributed by atoms with Crippen LogP contribution in [0.2, 0.25) is 15.1 Å². The number of ether oxygens (including phenoxy) is 3. The summed E-state index contributed by atoms with van der Waals surface area (Å²) in [5, 5.41) is 6.29. The Bertz CT molecular complexity index is 1490. The Kier molecular flexibility index (Phi) is 9.42. The fourth-order valence-electron chi connectivity index (χ4n) is 3.83. The number of benzene rings is 3. The van der Waals surface area contributed by atoms with Gasteiger partial charge >= 0.3 is 6.03 Å². The molecular formula is C28H24Cl3N3O6. The Morgan fingerprint density at radius 1 is 1.00 bits per heavy atom. The molecule has 0 aromatic heterocycles. The molecule has 1 aliphatic heterocycles. The molecule has 0 saturated carbocycles. The van der Waals surface area contributed by atoms with Crippen LogP contribution in [-0.4, -0.2) is 43.0 Å². The third kappa shape index (κ3) is 6.80. The maximum Gasteiger partial charge on any atom is 0.329 e. The molecule has 4 amide bonds. The number of rotatable bonds is 10. The SMILES string of the molecule is CCOc1cc(/C=C2/NC(=O)N(CC(=O)Nc3ccccc3OC)C2=O)cc(Cl)c1OCc1ccc(Cl)cc1Cl. The standard InChI is InChI=1S/C28H24Cl3N3O6/c1-3-39-24-12-16(10-20(31)26(24)40-15-17-8-9-18(29)13-19(17)30)11-22-27(36)34(28(37)33-22)14-25(35)32-21-6-4-5-7-23(21)38-2/h4-13H,3,14-15H2,1-2H3,(H,32,35)(H,33,37)/b22-11+. The minimum atomic E-state index is -0.734. The highest BCUT2D eigenvalue weighted by molar-refractivity contribution is 6.35. The van der Waals surface area contributed by atoms with Gasteiger partial charge in [0.15, 0.2) is 11.5 Å². The number of nitrogens with zero attached hydrogens (tertiary/aromatic N) is 1. The van der Waals surface area contributed by atoms with Crippen LogP contribution in [0.5, 0.6) is 17.2 Å². The van der Waals surface area contributed by atoms with Crippen LogP contribution < -0.4 is 24.8 Å². The van der Waals surface area contributed by atoms with E-state index in [2.05, 4.69) is 10.6 Å². The number of methoxy groups -OCH3 is 1. The van der Waals surface area contributed by atoms with E-state index in [1.807, 2.05) is 0 Å². The second-order valence-corrected chi connectivity index (χ2v) is 9.67. The molecule has 12 heteroatoms. The maximum atomic E-state index is 13.0. The van der Waals surface area contributed by atoms with Crippen LogP contribution >= 0.6 is 34.8 Å². The fraction of sp³-hybridized carbons (Fsp3) is 0.179. The van der Waals surface area contributed by atoms with E-state index >= 15 is 0 Å². The molecule has 0 aliphatic carbocycles. The van der Waals surface area contributed by atoms with E-state index in [1.54, 1.807) is 61.5 Å². The van der Waals surface area contributed by atoms with E-state index < -0.39 is 24.4 Å². The number of carbonyl (C=O) groups is 3. The van der Waals surface area contributed by atoms with Gasteiger partial charge in [0.2, 0.25) is 5.91 Å². The number of nitrogens with one attached hydrogen (secondary N) is 2. The summed E-state index contributed by atoms with van der Waals surface area (Å²) in [4.78, 5) is 38.9. The van der Waals surface area contributed by atoms with Crippen molar-refractivity contribution in [3.05, 3.63) is 86.5 Å². The summed E-state index contributed by atoms with van der Waals surface area (Å²) < 4.78 is 16.8. The topological polar surface area (TPSA) is 106 Å². The Hall–Kier alpha value is -3.92. The van der Waals surface area contributed by atoms with Gasteiger partial charge in [0.05, 0.1) is 24.4 Å². The number of urea groups is 1. The predicted molar refractivity (Wildman–Crippen MR) is 153 cm³/mol. The van der Waals surface area contributed by atoms with E-state index in [9.17, 15) is 14.4 Å². The van der Waals surface area contributed by atoms with Gasteiger partial charge in [-0.1, -0.05) is 53.0 Å². The van der Waals surface area contributed by atoms with Crippen LogP contribution in [0.1, 0.15) is 18.1 Å². The molecule has 208 valence electrons. The molecule has 0 atom stereocenters. The number of amides is 4. The Morgan fingerprint density at radius 3 is 2.50 bits per heavy atom. The van der Waals surface area contributed by atoms with Gasteiger partial charge in [-0.25, -0.2) is 9.69 Å². The van der Waals surface area contributed by atoms with Crippen molar-refractivity contribution >= 4 is 64.4 Å². The molecule has 1 heterocycles. The highest BCUT2D eigenvalue weighted by Gasteiger charge is 2.35. The van der Waals surface area contributed by atoms with Gasteiger partial charge in [-0.3, -0.25) is 9.59 Å². The van der Waals surface area contributed by atoms with Gasteiger partial charge in [0, 0.05) is 15.6 Å². The normalized spacial score (nSPS) is 13.8. The number of anilines is 1. The van der Waals surface area contributed by atoms with Crippen molar-refractivity contribution in [2.75, 3.05) is 25.6 Å². The molecule has 2 N–H and O–H groups in total. The smallest absolute Gasteiger partial charge is 0.329 e. The van der Waals surface area contributed by atoms with Gasteiger partial charge in [-0.15, -0.1) is 0 Å². The number of halogens is 3. The third-order valence-corrected chi connectivity index (χ3v) is 6.54. The highest BCUT2D eigenvalue weighted by Crippen LogP contribution is 2.38. The number of para-hydroxylation sites is 2. The third-order valence-electron chi connectivity index (χ3n) is 5.67. The van der Waals surface area contributed by atoms with E-state index in [1.165, 1.54) is 13.2 Å². The lowest BCUT2D eigenvalue weighted by molar-refractivity contribution is -0.127. The zero-order valence-corrected chi connectivity index (χ0v) is 23.7. The van der Waals surface area contributed by atoms with Gasteiger partial charge < -0.3 is 24.8 Å². The summed E-state index contributed by atoms with van der Waals surface area (Å²) >= 11 is 18.7. The Balaban J connectivity index is 1.50. The first-order chi connectivity index (χ1) is 19.2. The molecule has 1 aliphatic rings. The molecular weight excluding hydrogens is 581 g/mol. The first-order valence-corrected chi connectivity index (χ1v) is 13.1. The average Bonchev–Trinajstić information content (AvgIpc) is 3.16. The van der Waals surface area contributed by atoms with Gasteiger partial charge in [0.1, 0.15) is 24.6 Å². The number of hydrogen-bond donors (Lipinski definition) is 2. The summed E-state index contributed by atoms with van der Waals surface area (Å²) in [5.41, 5.74) is 1.55. The molecule has 0 bridgehead atoms. The zero-order chi connectivity index (χ0) is 28.8. The van der Waals surface area contributed by atoms with Crippen molar-refractivity contribution in [2.45, 2.75) is 13.5 Å². The monoisotopic (exact) mass is 603 g/mol. The van der Waals surface area contributed by atoms with Crippen LogP contribution in [0.3, 0.4) is 0 Å². The molecule has 1 fully saturated rings. The van der Waals surface area contributed by atoms with Crippen LogP contribution in [0, 0.1) is 0 Å². The zero-order valence-electron chi connectivity index (χ0n) is 21.4. The number of hydrogen-bond acceptors (Lipinski definition) is 6. The van der Waals surface area contributed by atoms with Crippen LogP contribution in [0.4, 0.5) is 10.5 Å². The average molecular weight is 605 g/mol. The number of carbonyl (C=O) groups excluding carboxylic acids is 3. The lowest BCUT2D eigenvalue weighted by atomic mass is 10.1. The molecule has 9 nitrogen and oxygen atoms in total. The molecule has 0 radical (unpaired) electrons. The van der Waals surface area contributed by atoms with Gasteiger partial charge in [-0.2, -0.15) is 0 Å². The van der Waals surface area contributed by atoms with E-state index in [-0.39, 0.29) is 23.1 Å². The summed E-state index contributed by atoms with van der Waals surface area (Å²) in [6.07, 6.45) is 1.44. The summed E-state index contributed by atoms with van der Waals surface area (Å²) in [6.45, 7) is 1.73. The summed E-state index contributed by atoms with van der Waals surface area (Å²) in [5.74, 6) is -0.186. The lowest BCUT2D eigenvalue weighted by Gasteiger charge is -2.15. The molecule has 4 rings (SSSR count). The van der Waals surface area contributed by atoms with Crippen LogP contribution in [-0.2, 0) is 16.2 Å². The minimum absolute atomic E-state index is 0.0322. The summed E-state index contributed by atoms with van der Waals surface area (Å²) in [6, 6.07) is 14.3.